The summed E-state index contributed by atoms with van der Waals surface area (Å²) in [4.78, 5) is 30.1. The molecule has 5 nitrogen and oxygen atoms in total. The molecule has 3 aliphatic rings. The molecular weight excluding hydrogens is 232 g/mol. The van der Waals surface area contributed by atoms with Gasteiger partial charge in [-0.05, 0) is 25.0 Å². The number of hydrogen-bond acceptors (Lipinski definition) is 4. The number of nitrogens with zero attached hydrogens (tertiary/aromatic N) is 2. The predicted molar refractivity (Wildman–Crippen MR) is 61.6 cm³/mol. The van der Waals surface area contributed by atoms with Crippen LogP contribution in [0.15, 0.2) is 24.4 Å². The lowest BCUT2D eigenvalue weighted by atomic mass is 9.81. The van der Waals surface area contributed by atoms with Crippen LogP contribution in [0.1, 0.15) is 12.8 Å². The molecule has 0 aliphatic carbocycles. The average molecular weight is 244 g/mol. The third-order valence-electron chi connectivity index (χ3n) is 4.16. The molecule has 1 aromatic heterocycles. The molecule has 0 radical (unpaired) electrons. The fourth-order valence-corrected chi connectivity index (χ4v) is 3.42. The van der Waals surface area contributed by atoms with Crippen LogP contribution in [-0.2, 0) is 14.3 Å². The van der Waals surface area contributed by atoms with Gasteiger partial charge in [-0.3, -0.25) is 9.59 Å². The molecule has 0 spiro atoms. The molecule has 0 aromatic carbocycles. The second kappa shape index (κ2) is 3.38. The van der Waals surface area contributed by atoms with Gasteiger partial charge in [-0.15, -0.1) is 0 Å². The molecule has 0 saturated carbocycles. The fraction of sp³-hybridized carbons (Fsp3) is 0.462. The topological polar surface area (TPSA) is 59.5 Å². The van der Waals surface area contributed by atoms with Crippen LogP contribution in [0.4, 0.5) is 5.82 Å². The van der Waals surface area contributed by atoms with Gasteiger partial charge in [0.2, 0.25) is 11.8 Å². The minimum atomic E-state index is -0.279. The van der Waals surface area contributed by atoms with Crippen LogP contribution in [-0.4, -0.2) is 29.0 Å². The number of imide groups is 1. The van der Waals surface area contributed by atoms with Crippen LogP contribution >= 0.6 is 0 Å². The lowest BCUT2D eigenvalue weighted by Gasteiger charge is -2.15. The zero-order valence-electron chi connectivity index (χ0n) is 9.65. The third-order valence-corrected chi connectivity index (χ3v) is 4.16. The van der Waals surface area contributed by atoms with E-state index in [1.807, 2.05) is 0 Å². The molecule has 18 heavy (non-hydrogen) atoms. The number of pyridine rings is 1. The smallest absolute Gasteiger partial charge is 0.241 e. The number of carbonyl (C=O) groups is 2. The molecular formula is C13H12N2O3. The standard InChI is InChI=1S/C13H12N2O3/c16-12-10-7-4-5-8(18-7)11(10)13(17)15(12)9-3-1-2-6-14-9/h1-3,6-8,10-11H,4-5H2/t7-,8+,10+,11-. The average Bonchev–Trinajstić information content (AvgIpc) is 3.05. The van der Waals surface area contributed by atoms with Crippen molar-refractivity contribution in [2.45, 2.75) is 25.0 Å². The van der Waals surface area contributed by atoms with E-state index in [4.69, 9.17) is 4.74 Å². The van der Waals surface area contributed by atoms with Gasteiger partial charge in [0.1, 0.15) is 5.82 Å². The Morgan fingerprint density at radius 2 is 1.78 bits per heavy atom. The molecule has 3 aliphatic heterocycles. The van der Waals surface area contributed by atoms with E-state index in [9.17, 15) is 9.59 Å². The number of hydrogen-bond donors (Lipinski definition) is 0. The minimum Gasteiger partial charge on any atom is -0.373 e. The first-order valence-corrected chi connectivity index (χ1v) is 6.21. The van der Waals surface area contributed by atoms with Crippen LogP contribution in [0.5, 0.6) is 0 Å². The molecule has 92 valence electrons. The summed E-state index contributed by atoms with van der Waals surface area (Å²) in [6.07, 6.45) is 3.24. The van der Waals surface area contributed by atoms with Crippen LogP contribution in [0.3, 0.4) is 0 Å². The number of anilines is 1. The van der Waals surface area contributed by atoms with Gasteiger partial charge in [0, 0.05) is 6.20 Å². The lowest BCUT2D eigenvalue weighted by Crippen LogP contribution is -2.34. The van der Waals surface area contributed by atoms with E-state index in [1.54, 1.807) is 24.4 Å². The van der Waals surface area contributed by atoms with Crippen molar-refractivity contribution >= 4 is 17.6 Å². The molecule has 0 unspecified atom stereocenters. The highest BCUT2D eigenvalue weighted by molar-refractivity contribution is 6.22. The Labute approximate surface area is 104 Å². The predicted octanol–water partition coefficient (Wildman–Crippen LogP) is 0.748. The summed E-state index contributed by atoms with van der Waals surface area (Å²) in [7, 11) is 0. The van der Waals surface area contributed by atoms with E-state index < -0.39 is 0 Å². The molecule has 3 saturated heterocycles. The summed E-state index contributed by atoms with van der Waals surface area (Å²) in [5, 5.41) is 0. The number of amides is 2. The first-order chi connectivity index (χ1) is 8.77. The number of rotatable bonds is 1. The molecule has 4 rings (SSSR count). The summed E-state index contributed by atoms with van der Waals surface area (Å²) in [6.45, 7) is 0. The van der Waals surface area contributed by atoms with Crippen LogP contribution in [0.2, 0.25) is 0 Å². The third kappa shape index (κ3) is 1.12. The monoisotopic (exact) mass is 244 g/mol. The van der Waals surface area contributed by atoms with Crippen LogP contribution in [0, 0.1) is 11.8 Å². The van der Waals surface area contributed by atoms with Crippen molar-refractivity contribution in [3.8, 4) is 0 Å². The molecule has 2 bridgehead atoms. The normalized spacial score (nSPS) is 37.4. The Morgan fingerprint density at radius 3 is 2.33 bits per heavy atom. The molecule has 4 heterocycles. The molecule has 0 N–H and O–H groups in total. The van der Waals surface area contributed by atoms with Gasteiger partial charge < -0.3 is 4.74 Å². The van der Waals surface area contributed by atoms with Crippen molar-refractivity contribution in [1.29, 1.82) is 0 Å². The summed E-state index contributed by atoms with van der Waals surface area (Å²) in [5.74, 6) is -0.412. The Kier molecular flexibility index (Phi) is 1.92. The Balaban J connectivity index is 1.76. The first-order valence-electron chi connectivity index (χ1n) is 6.21. The van der Waals surface area contributed by atoms with Gasteiger partial charge in [0.25, 0.3) is 0 Å². The van der Waals surface area contributed by atoms with Gasteiger partial charge in [-0.2, -0.15) is 0 Å². The SMILES string of the molecule is O=C1[C@@H]2[C@H](C(=O)N1c1ccccn1)[C@@H]1CC[C@H]2O1. The molecule has 4 atom stereocenters. The van der Waals surface area contributed by atoms with E-state index in [-0.39, 0.29) is 35.9 Å². The number of carbonyl (C=O) groups excluding carboxylic acids is 2. The summed E-state index contributed by atoms with van der Waals surface area (Å²) in [6, 6.07) is 5.24. The van der Waals surface area contributed by atoms with Crippen molar-refractivity contribution in [1.82, 2.24) is 4.98 Å². The van der Waals surface area contributed by atoms with Crippen molar-refractivity contribution < 1.29 is 14.3 Å². The van der Waals surface area contributed by atoms with Gasteiger partial charge in [-0.1, -0.05) is 6.07 Å². The second-order valence-electron chi connectivity index (χ2n) is 5.04. The second-order valence-corrected chi connectivity index (χ2v) is 5.04. The maximum absolute atomic E-state index is 12.4. The van der Waals surface area contributed by atoms with Gasteiger partial charge >= 0.3 is 0 Å². The Hall–Kier alpha value is -1.75. The number of fused-ring (bicyclic) bond motifs is 5. The summed E-state index contributed by atoms with van der Waals surface area (Å²) < 4.78 is 5.68. The van der Waals surface area contributed by atoms with E-state index in [2.05, 4.69) is 4.98 Å². The maximum Gasteiger partial charge on any atom is 0.241 e. The zero-order chi connectivity index (χ0) is 12.3. The molecule has 3 fully saturated rings. The van der Waals surface area contributed by atoms with Gasteiger partial charge in [-0.25, -0.2) is 9.88 Å². The molecule has 1 aromatic rings. The highest BCUT2D eigenvalue weighted by Gasteiger charge is 2.62. The number of aromatic nitrogens is 1. The number of ether oxygens (including phenoxy) is 1. The summed E-state index contributed by atoms with van der Waals surface area (Å²) >= 11 is 0. The van der Waals surface area contributed by atoms with E-state index >= 15 is 0 Å². The highest BCUT2D eigenvalue weighted by Crippen LogP contribution is 2.49. The Morgan fingerprint density at radius 1 is 1.11 bits per heavy atom. The van der Waals surface area contributed by atoms with Crippen molar-refractivity contribution in [3.05, 3.63) is 24.4 Å². The first kappa shape index (κ1) is 10.2. The molecule has 5 heteroatoms. The maximum atomic E-state index is 12.4. The zero-order valence-corrected chi connectivity index (χ0v) is 9.65. The summed E-state index contributed by atoms with van der Waals surface area (Å²) in [5.41, 5.74) is 0. The van der Waals surface area contributed by atoms with Crippen LogP contribution in [0.25, 0.3) is 0 Å². The largest absolute Gasteiger partial charge is 0.373 e. The minimum absolute atomic E-state index is 0.0647. The van der Waals surface area contributed by atoms with E-state index in [0.29, 0.717) is 5.82 Å². The van der Waals surface area contributed by atoms with Gasteiger partial charge in [0.05, 0.1) is 24.0 Å². The van der Waals surface area contributed by atoms with Crippen molar-refractivity contribution in [2.75, 3.05) is 4.90 Å². The quantitative estimate of drug-likeness (QED) is 0.684. The highest BCUT2D eigenvalue weighted by atomic mass is 16.5. The lowest BCUT2D eigenvalue weighted by molar-refractivity contribution is -0.124. The fourth-order valence-electron chi connectivity index (χ4n) is 3.42. The van der Waals surface area contributed by atoms with E-state index in [0.717, 1.165) is 12.8 Å². The van der Waals surface area contributed by atoms with Crippen molar-refractivity contribution in [2.24, 2.45) is 11.8 Å². The van der Waals surface area contributed by atoms with E-state index in [1.165, 1.54) is 4.90 Å². The van der Waals surface area contributed by atoms with Crippen LogP contribution < -0.4 is 4.90 Å². The molecule has 2 amide bonds. The van der Waals surface area contributed by atoms with Crippen molar-refractivity contribution in [3.63, 3.8) is 0 Å². The Bertz CT molecular complexity index is 502. The van der Waals surface area contributed by atoms with Gasteiger partial charge in [0.15, 0.2) is 0 Å².